The van der Waals surface area contributed by atoms with E-state index in [0.717, 1.165) is 16.5 Å². The van der Waals surface area contributed by atoms with Crippen molar-refractivity contribution >= 4 is 16.6 Å². The summed E-state index contributed by atoms with van der Waals surface area (Å²) in [6.45, 7) is 6.09. The standard InChI is InChI=1S/C31H31NO/c1-21-4-6-24(7-5-21)27-12-13-30-29(18-27)19-28(22(2)33)20-31(30)26-10-8-23(9-11-26)25-14-16-32(3)17-15-25/h4-13,18-20,25H,14-17H2,1-3H3. The van der Waals surface area contributed by atoms with E-state index < -0.39 is 0 Å². The smallest absolute Gasteiger partial charge is 0.159 e. The third-order valence-electron chi connectivity index (χ3n) is 7.16. The van der Waals surface area contributed by atoms with Gasteiger partial charge in [-0.3, -0.25) is 4.79 Å². The van der Waals surface area contributed by atoms with E-state index in [0.29, 0.717) is 5.92 Å². The number of hydrogen-bond acceptors (Lipinski definition) is 2. The molecule has 0 N–H and O–H groups in total. The molecular formula is C31H31NO. The number of fused-ring (bicyclic) bond motifs is 1. The molecule has 1 aliphatic heterocycles. The monoisotopic (exact) mass is 433 g/mol. The van der Waals surface area contributed by atoms with Crippen molar-refractivity contribution in [2.24, 2.45) is 0 Å². The van der Waals surface area contributed by atoms with Crippen LogP contribution in [-0.4, -0.2) is 30.8 Å². The molecule has 0 spiro atoms. The molecule has 5 rings (SSSR count). The Morgan fingerprint density at radius 2 is 1.42 bits per heavy atom. The Morgan fingerprint density at radius 3 is 2.09 bits per heavy atom. The van der Waals surface area contributed by atoms with Crippen molar-refractivity contribution in [1.29, 1.82) is 0 Å². The molecule has 1 heterocycles. The van der Waals surface area contributed by atoms with Crippen molar-refractivity contribution in [3.05, 3.63) is 95.6 Å². The summed E-state index contributed by atoms with van der Waals surface area (Å²) in [6.07, 6.45) is 2.45. The quantitative estimate of drug-likeness (QED) is 0.311. The molecule has 0 aromatic heterocycles. The minimum Gasteiger partial charge on any atom is -0.306 e. The molecule has 0 saturated carbocycles. The minimum atomic E-state index is 0.0989. The van der Waals surface area contributed by atoms with E-state index in [2.05, 4.69) is 91.7 Å². The van der Waals surface area contributed by atoms with Crippen LogP contribution in [0.4, 0.5) is 0 Å². The van der Waals surface area contributed by atoms with E-state index in [9.17, 15) is 4.79 Å². The molecule has 1 fully saturated rings. The normalized spacial score (nSPS) is 15.1. The highest BCUT2D eigenvalue weighted by molar-refractivity contribution is 6.05. The zero-order valence-electron chi connectivity index (χ0n) is 19.8. The Kier molecular flexibility index (Phi) is 5.86. The number of rotatable bonds is 4. The molecule has 0 atom stereocenters. The molecule has 0 aliphatic carbocycles. The fourth-order valence-corrected chi connectivity index (χ4v) is 5.01. The maximum atomic E-state index is 12.3. The van der Waals surface area contributed by atoms with Gasteiger partial charge in [-0.25, -0.2) is 0 Å². The summed E-state index contributed by atoms with van der Waals surface area (Å²) in [7, 11) is 2.21. The first-order valence-corrected chi connectivity index (χ1v) is 11.9. The molecule has 4 aromatic rings. The molecule has 0 radical (unpaired) electrons. The SMILES string of the molecule is CC(=O)c1cc(-c2ccc(C3CCN(C)CC3)cc2)c2ccc(-c3ccc(C)cc3)cc2c1. The Balaban J connectivity index is 1.55. The van der Waals surface area contributed by atoms with Gasteiger partial charge in [0.25, 0.3) is 0 Å². The number of piperidine rings is 1. The van der Waals surface area contributed by atoms with Gasteiger partial charge in [0, 0.05) is 5.56 Å². The lowest BCUT2D eigenvalue weighted by Gasteiger charge is -2.29. The predicted octanol–water partition coefficient (Wildman–Crippen LogP) is 7.49. The number of benzene rings is 4. The van der Waals surface area contributed by atoms with Gasteiger partial charge in [0.15, 0.2) is 5.78 Å². The molecule has 1 aliphatic rings. The van der Waals surface area contributed by atoms with Crippen LogP contribution in [0, 0.1) is 6.92 Å². The van der Waals surface area contributed by atoms with Crippen LogP contribution in [0.5, 0.6) is 0 Å². The van der Waals surface area contributed by atoms with Crippen molar-refractivity contribution in [2.45, 2.75) is 32.6 Å². The van der Waals surface area contributed by atoms with E-state index in [1.54, 1.807) is 6.92 Å². The highest BCUT2D eigenvalue weighted by Crippen LogP contribution is 2.35. The lowest BCUT2D eigenvalue weighted by molar-refractivity contribution is 0.101. The highest BCUT2D eigenvalue weighted by Gasteiger charge is 2.18. The molecule has 4 aromatic carbocycles. The first-order valence-electron chi connectivity index (χ1n) is 11.9. The summed E-state index contributed by atoms with van der Waals surface area (Å²) in [4.78, 5) is 14.8. The van der Waals surface area contributed by atoms with Crippen LogP contribution in [0.2, 0.25) is 0 Å². The largest absolute Gasteiger partial charge is 0.306 e. The van der Waals surface area contributed by atoms with Crippen molar-refractivity contribution < 1.29 is 4.79 Å². The molecule has 1 saturated heterocycles. The van der Waals surface area contributed by atoms with Crippen LogP contribution in [-0.2, 0) is 0 Å². The van der Waals surface area contributed by atoms with E-state index >= 15 is 0 Å². The lowest BCUT2D eigenvalue weighted by Crippen LogP contribution is -2.29. The summed E-state index contributed by atoms with van der Waals surface area (Å²) in [5, 5.41) is 2.29. The van der Waals surface area contributed by atoms with Crippen molar-refractivity contribution in [3.8, 4) is 22.3 Å². The van der Waals surface area contributed by atoms with Gasteiger partial charge < -0.3 is 4.90 Å². The van der Waals surface area contributed by atoms with Gasteiger partial charge in [0.05, 0.1) is 0 Å². The van der Waals surface area contributed by atoms with E-state index in [1.807, 2.05) is 6.07 Å². The zero-order chi connectivity index (χ0) is 22.9. The molecule has 0 unspecified atom stereocenters. The number of carbonyl (C=O) groups excluding carboxylic acids is 1. The molecule has 0 amide bonds. The predicted molar refractivity (Wildman–Crippen MR) is 139 cm³/mol. The van der Waals surface area contributed by atoms with E-state index in [4.69, 9.17) is 0 Å². The number of aryl methyl sites for hydroxylation is 1. The lowest BCUT2D eigenvalue weighted by atomic mass is 9.87. The second-order valence-corrected chi connectivity index (χ2v) is 9.58. The Labute approximate surface area is 196 Å². The second-order valence-electron chi connectivity index (χ2n) is 9.58. The Morgan fingerprint density at radius 1 is 0.788 bits per heavy atom. The van der Waals surface area contributed by atoms with Gasteiger partial charge in [0.2, 0.25) is 0 Å². The van der Waals surface area contributed by atoms with Crippen LogP contribution in [0.1, 0.15) is 47.2 Å². The van der Waals surface area contributed by atoms with Crippen LogP contribution in [0.25, 0.3) is 33.0 Å². The Bertz CT molecular complexity index is 1290. The number of ketones is 1. The van der Waals surface area contributed by atoms with Gasteiger partial charge in [-0.2, -0.15) is 0 Å². The van der Waals surface area contributed by atoms with Crippen molar-refractivity contribution in [1.82, 2.24) is 4.90 Å². The first kappa shape index (κ1) is 21.6. The molecule has 166 valence electrons. The van der Waals surface area contributed by atoms with Crippen LogP contribution in [0.15, 0.2) is 78.9 Å². The van der Waals surface area contributed by atoms with Gasteiger partial charge in [-0.1, -0.05) is 66.2 Å². The van der Waals surface area contributed by atoms with Crippen LogP contribution >= 0.6 is 0 Å². The number of hydrogen-bond donors (Lipinski definition) is 0. The van der Waals surface area contributed by atoms with Crippen LogP contribution < -0.4 is 0 Å². The summed E-state index contributed by atoms with van der Waals surface area (Å²) in [6, 6.07) is 28.4. The first-order chi connectivity index (χ1) is 16.0. The topological polar surface area (TPSA) is 20.3 Å². The van der Waals surface area contributed by atoms with Crippen molar-refractivity contribution in [3.63, 3.8) is 0 Å². The Hall–Kier alpha value is -3.23. The average molecular weight is 434 g/mol. The number of likely N-dealkylation sites (tertiary alicyclic amines) is 1. The van der Waals surface area contributed by atoms with Crippen molar-refractivity contribution in [2.75, 3.05) is 20.1 Å². The molecule has 33 heavy (non-hydrogen) atoms. The maximum Gasteiger partial charge on any atom is 0.159 e. The van der Waals surface area contributed by atoms with E-state index in [1.165, 1.54) is 59.1 Å². The third kappa shape index (κ3) is 4.49. The average Bonchev–Trinajstić information content (AvgIpc) is 2.84. The fraction of sp³-hybridized carbons (Fsp3) is 0.258. The van der Waals surface area contributed by atoms with Gasteiger partial charge in [0.1, 0.15) is 0 Å². The molecule has 0 bridgehead atoms. The second kappa shape index (κ2) is 8.96. The van der Waals surface area contributed by atoms with Gasteiger partial charge in [-0.05, 0) is 110 Å². The number of carbonyl (C=O) groups is 1. The van der Waals surface area contributed by atoms with E-state index in [-0.39, 0.29) is 5.78 Å². The summed E-state index contributed by atoms with van der Waals surface area (Å²) < 4.78 is 0. The molecular weight excluding hydrogens is 402 g/mol. The summed E-state index contributed by atoms with van der Waals surface area (Å²) >= 11 is 0. The molecule has 2 heteroatoms. The number of nitrogens with zero attached hydrogens (tertiary/aromatic N) is 1. The highest BCUT2D eigenvalue weighted by atomic mass is 16.1. The van der Waals surface area contributed by atoms with Crippen LogP contribution in [0.3, 0.4) is 0 Å². The zero-order valence-corrected chi connectivity index (χ0v) is 19.8. The molecule has 2 nitrogen and oxygen atoms in total. The van der Waals surface area contributed by atoms with Gasteiger partial charge in [-0.15, -0.1) is 0 Å². The summed E-state index contributed by atoms with van der Waals surface area (Å²) in [5.74, 6) is 0.745. The third-order valence-corrected chi connectivity index (χ3v) is 7.16. The minimum absolute atomic E-state index is 0.0989. The number of Topliss-reactive ketones (excluding diaryl/α,β-unsaturated/α-hetero) is 1. The summed E-state index contributed by atoms with van der Waals surface area (Å²) in [5.41, 5.74) is 8.11. The fourth-order valence-electron chi connectivity index (χ4n) is 5.01. The van der Waals surface area contributed by atoms with Gasteiger partial charge >= 0.3 is 0 Å². The maximum absolute atomic E-state index is 12.3.